The van der Waals surface area contributed by atoms with Crippen LogP contribution in [-0.4, -0.2) is 13.4 Å². The second-order valence-electron chi connectivity index (χ2n) is 3.55. The van der Waals surface area contributed by atoms with E-state index >= 15 is 0 Å². The Balaban J connectivity index is 2.49. The summed E-state index contributed by atoms with van der Waals surface area (Å²) in [5, 5.41) is 0.640. The number of benzene rings is 2. The van der Waals surface area contributed by atoms with E-state index in [1.165, 1.54) is 10.5 Å². The molecule has 2 aromatic carbocycles. The first-order valence-corrected chi connectivity index (χ1v) is 6.83. The van der Waals surface area contributed by atoms with Gasteiger partial charge < -0.3 is 4.74 Å². The van der Waals surface area contributed by atoms with Gasteiger partial charge in [0.05, 0.1) is 12.1 Å². The minimum atomic E-state index is 0.640. The van der Waals surface area contributed by atoms with Crippen molar-refractivity contribution in [2.24, 2.45) is 0 Å². The van der Waals surface area contributed by atoms with Crippen molar-refractivity contribution in [1.82, 2.24) is 0 Å². The zero-order valence-corrected chi connectivity index (χ0v) is 11.3. The summed E-state index contributed by atoms with van der Waals surface area (Å²) < 4.78 is 5.16. The predicted octanol–water partition coefficient (Wildman–Crippen LogP) is 4.74. The molecule has 0 saturated heterocycles. The molecule has 0 atom stereocenters. The molecular weight excluding hydrogens is 252 g/mol. The van der Waals surface area contributed by atoms with E-state index in [1.807, 2.05) is 30.3 Å². The summed E-state index contributed by atoms with van der Waals surface area (Å²) in [5.74, 6) is 0.706. The summed E-state index contributed by atoms with van der Waals surface area (Å²) in [6, 6.07) is 14.2. The number of rotatable bonds is 3. The Kier molecular flexibility index (Phi) is 3.97. The number of ether oxygens (including phenoxy) is 1. The maximum Gasteiger partial charge on any atom is 0.137 e. The van der Waals surface area contributed by atoms with Gasteiger partial charge in [-0.15, -0.1) is 11.8 Å². The zero-order chi connectivity index (χ0) is 12.3. The van der Waals surface area contributed by atoms with Gasteiger partial charge in [0.1, 0.15) is 5.75 Å². The first kappa shape index (κ1) is 12.3. The largest absolute Gasteiger partial charge is 0.495 e. The Morgan fingerprint density at radius 1 is 1.12 bits per heavy atom. The van der Waals surface area contributed by atoms with Crippen molar-refractivity contribution in [2.45, 2.75) is 4.90 Å². The first-order valence-electron chi connectivity index (χ1n) is 5.23. The van der Waals surface area contributed by atoms with Crippen LogP contribution in [0.15, 0.2) is 47.4 Å². The lowest BCUT2D eigenvalue weighted by Crippen LogP contribution is -1.86. The summed E-state index contributed by atoms with van der Waals surface area (Å²) in [6.07, 6.45) is 2.07. The van der Waals surface area contributed by atoms with E-state index in [0.717, 1.165) is 5.56 Å². The third-order valence-corrected chi connectivity index (χ3v) is 3.66. The lowest BCUT2D eigenvalue weighted by atomic mass is 10.1. The van der Waals surface area contributed by atoms with Crippen molar-refractivity contribution >= 4 is 23.4 Å². The molecule has 88 valence electrons. The molecular formula is C14H13ClOS. The molecule has 0 unspecified atom stereocenters. The fourth-order valence-electron chi connectivity index (χ4n) is 1.72. The fraction of sp³-hybridized carbons (Fsp3) is 0.143. The lowest BCUT2D eigenvalue weighted by molar-refractivity contribution is 0.415. The monoisotopic (exact) mass is 264 g/mol. The number of thioether (sulfide) groups is 1. The SMILES string of the molecule is COc1ccc(-c2ccccc2SC)cc1Cl. The highest BCUT2D eigenvalue weighted by Gasteiger charge is 2.06. The van der Waals surface area contributed by atoms with Crippen LogP contribution in [-0.2, 0) is 0 Å². The van der Waals surface area contributed by atoms with E-state index < -0.39 is 0 Å². The topological polar surface area (TPSA) is 9.23 Å². The number of methoxy groups -OCH3 is 1. The molecule has 0 aliphatic rings. The molecule has 2 aromatic rings. The van der Waals surface area contributed by atoms with Gasteiger partial charge in [0.15, 0.2) is 0 Å². The maximum absolute atomic E-state index is 6.14. The van der Waals surface area contributed by atoms with Crippen LogP contribution in [0.25, 0.3) is 11.1 Å². The van der Waals surface area contributed by atoms with Crippen LogP contribution in [0.4, 0.5) is 0 Å². The smallest absolute Gasteiger partial charge is 0.137 e. The minimum Gasteiger partial charge on any atom is -0.495 e. The quantitative estimate of drug-likeness (QED) is 0.741. The van der Waals surface area contributed by atoms with Crippen molar-refractivity contribution < 1.29 is 4.74 Å². The molecule has 1 nitrogen and oxygen atoms in total. The van der Waals surface area contributed by atoms with Crippen LogP contribution >= 0.6 is 23.4 Å². The van der Waals surface area contributed by atoms with Gasteiger partial charge in [0, 0.05) is 4.90 Å². The second-order valence-corrected chi connectivity index (χ2v) is 4.80. The summed E-state index contributed by atoms with van der Waals surface area (Å²) in [7, 11) is 1.62. The van der Waals surface area contributed by atoms with Crippen LogP contribution in [0.2, 0.25) is 5.02 Å². The maximum atomic E-state index is 6.14. The summed E-state index contributed by atoms with van der Waals surface area (Å²) >= 11 is 7.87. The molecule has 0 aliphatic heterocycles. The van der Waals surface area contributed by atoms with Crippen molar-refractivity contribution in [1.29, 1.82) is 0 Å². The lowest BCUT2D eigenvalue weighted by Gasteiger charge is -2.09. The molecule has 0 aromatic heterocycles. The standard InChI is InChI=1S/C14H13ClOS/c1-16-13-8-7-10(9-12(13)15)11-5-3-4-6-14(11)17-2/h3-9H,1-2H3. The summed E-state index contributed by atoms with van der Waals surface area (Å²) in [4.78, 5) is 1.24. The molecule has 0 spiro atoms. The highest BCUT2D eigenvalue weighted by molar-refractivity contribution is 7.98. The van der Waals surface area contributed by atoms with E-state index in [-0.39, 0.29) is 0 Å². The van der Waals surface area contributed by atoms with Crippen LogP contribution in [0, 0.1) is 0 Å². The Hall–Kier alpha value is -1.12. The molecule has 0 heterocycles. The van der Waals surface area contributed by atoms with Gasteiger partial charge in [0.2, 0.25) is 0 Å². The molecule has 0 radical (unpaired) electrons. The van der Waals surface area contributed by atoms with Gasteiger partial charge in [0.25, 0.3) is 0 Å². The van der Waals surface area contributed by atoms with E-state index in [4.69, 9.17) is 16.3 Å². The Labute approximate surface area is 111 Å². The van der Waals surface area contributed by atoms with E-state index in [2.05, 4.69) is 18.4 Å². The predicted molar refractivity (Wildman–Crippen MR) is 75.2 cm³/mol. The minimum absolute atomic E-state index is 0.640. The Morgan fingerprint density at radius 3 is 2.53 bits per heavy atom. The molecule has 0 aliphatic carbocycles. The molecule has 2 rings (SSSR count). The van der Waals surface area contributed by atoms with Gasteiger partial charge in [-0.1, -0.05) is 35.9 Å². The molecule has 0 amide bonds. The van der Waals surface area contributed by atoms with Gasteiger partial charge >= 0.3 is 0 Å². The highest BCUT2D eigenvalue weighted by Crippen LogP contribution is 2.34. The second kappa shape index (κ2) is 5.48. The Bertz CT molecular complexity index is 525. The molecule has 0 bridgehead atoms. The van der Waals surface area contributed by atoms with Crippen molar-refractivity contribution in [3.05, 3.63) is 47.5 Å². The highest BCUT2D eigenvalue weighted by atomic mass is 35.5. The average Bonchev–Trinajstić information content (AvgIpc) is 2.38. The van der Waals surface area contributed by atoms with Gasteiger partial charge in [-0.2, -0.15) is 0 Å². The van der Waals surface area contributed by atoms with Crippen LogP contribution in [0.5, 0.6) is 5.75 Å². The molecule has 0 N–H and O–H groups in total. The van der Waals surface area contributed by atoms with Crippen LogP contribution in [0.1, 0.15) is 0 Å². The normalized spacial score (nSPS) is 10.3. The van der Waals surface area contributed by atoms with E-state index in [9.17, 15) is 0 Å². The summed E-state index contributed by atoms with van der Waals surface area (Å²) in [5.41, 5.74) is 2.31. The third kappa shape index (κ3) is 2.59. The van der Waals surface area contributed by atoms with Gasteiger partial charge in [-0.3, -0.25) is 0 Å². The molecule has 3 heteroatoms. The van der Waals surface area contributed by atoms with Crippen LogP contribution in [0.3, 0.4) is 0 Å². The first-order chi connectivity index (χ1) is 8.26. The van der Waals surface area contributed by atoms with E-state index in [0.29, 0.717) is 10.8 Å². The molecule has 0 saturated carbocycles. The number of hydrogen-bond donors (Lipinski definition) is 0. The van der Waals surface area contributed by atoms with Crippen molar-refractivity contribution in [3.8, 4) is 16.9 Å². The van der Waals surface area contributed by atoms with Gasteiger partial charge in [-0.25, -0.2) is 0 Å². The number of hydrogen-bond acceptors (Lipinski definition) is 2. The fourth-order valence-corrected chi connectivity index (χ4v) is 2.60. The third-order valence-electron chi connectivity index (χ3n) is 2.57. The zero-order valence-electron chi connectivity index (χ0n) is 9.74. The summed E-state index contributed by atoms with van der Waals surface area (Å²) in [6.45, 7) is 0. The molecule has 0 fully saturated rings. The Morgan fingerprint density at radius 2 is 1.88 bits per heavy atom. The number of halogens is 1. The van der Waals surface area contributed by atoms with Gasteiger partial charge in [-0.05, 0) is 35.6 Å². The van der Waals surface area contributed by atoms with Crippen molar-refractivity contribution in [3.63, 3.8) is 0 Å². The molecule has 17 heavy (non-hydrogen) atoms. The van der Waals surface area contributed by atoms with Crippen LogP contribution < -0.4 is 4.74 Å². The van der Waals surface area contributed by atoms with E-state index in [1.54, 1.807) is 18.9 Å². The average molecular weight is 265 g/mol. The van der Waals surface area contributed by atoms with Crippen molar-refractivity contribution in [2.75, 3.05) is 13.4 Å².